The van der Waals surface area contributed by atoms with Crippen LogP contribution in [-0.4, -0.2) is 30.7 Å². The van der Waals surface area contributed by atoms with Gasteiger partial charge in [0.2, 0.25) is 0 Å². The number of unbranched alkanes of at least 4 members (excludes halogenated alkanes) is 2. The highest BCUT2D eigenvalue weighted by Gasteiger charge is 1.99. The van der Waals surface area contributed by atoms with Crippen molar-refractivity contribution >= 4 is 5.96 Å². The van der Waals surface area contributed by atoms with E-state index in [0.29, 0.717) is 0 Å². The molecule has 0 aliphatic carbocycles. The second kappa shape index (κ2) is 10.0. The molecule has 0 aromatic carbocycles. The zero-order chi connectivity index (χ0) is 15.5. The molecule has 5 heteroatoms. The maximum absolute atomic E-state index is 11.7. The Kier molecular flexibility index (Phi) is 8.24. The molecule has 0 fully saturated rings. The number of aryl methyl sites for hydroxylation is 1. The Morgan fingerprint density at radius 3 is 2.52 bits per heavy atom. The van der Waals surface area contributed by atoms with Gasteiger partial charge in [0, 0.05) is 38.4 Å². The van der Waals surface area contributed by atoms with Gasteiger partial charge in [0.1, 0.15) is 0 Å². The summed E-state index contributed by atoms with van der Waals surface area (Å²) < 4.78 is 1.83. The van der Waals surface area contributed by atoms with Crippen LogP contribution in [0.15, 0.2) is 28.0 Å². The van der Waals surface area contributed by atoms with Crippen molar-refractivity contribution < 1.29 is 0 Å². The summed E-state index contributed by atoms with van der Waals surface area (Å²) in [6.45, 7) is 6.74. The molecule has 2 N–H and O–H groups in total. The van der Waals surface area contributed by atoms with Crippen LogP contribution in [0.5, 0.6) is 0 Å². The number of hydrogen-bond donors (Lipinski definition) is 2. The van der Waals surface area contributed by atoms with Gasteiger partial charge in [0.25, 0.3) is 5.56 Å². The number of guanidine groups is 1. The summed E-state index contributed by atoms with van der Waals surface area (Å²) in [6.07, 6.45) is 4.31. The lowest BCUT2D eigenvalue weighted by atomic mass is 10.3. The van der Waals surface area contributed by atoms with E-state index in [4.69, 9.17) is 0 Å². The molecule has 0 atom stereocenters. The molecule has 0 spiro atoms. The van der Waals surface area contributed by atoms with Crippen molar-refractivity contribution in [1.29, 1.82) is 0 Å². The molecule has 1 rings (SSSR count). The minimum Gasteiger partial charge on any atom is -0.356 e. The summed E-state index contributed by atoms with van der Waals surface area (Å²) in [5.74, 6) is 0.858. The van der Waals surface area contributed by atoms with Crippen LogP contribution in [0.2, 0.25) is 0 Å². The lowest BCUT2D eigenvalue weighted by Crippen LogP contribution is -2.38. The van der Waals surface area contributed by atoms with Gasteiger partial charge >= 0.3 is 0 Å². The maximum atomic E-state index is 11.7. The van der Waals surface area contributed by atoms with E-state index in [2.05, 4.69) is 22.5 Å². The average molecular weight is 292 g/mol. The molecule has 118 valence electrons. The van der Waals surface area contributed by atoms with Crippen LogP contribution in [0.3, 0.4) is 0 Å². The van der Waals surface area contributed by atoms with Crippen LogP contribution in [0, 0.1) is 6.92 Å². The summed E-state index contributed by atoms with van der Waals surface area (Å²) in [5.41, 5.74) is 1.10. The number of aliphatic imine (C=N–C) groups is 1. The number of hydrogen-bond acceptors (Lipinski definition) is 2. The number of rotatable bonds is 8. The molecule has 0 saturated heterocycles. The van der Waals surface area contributed by atoms with Crippen LogP contribution in [0.1, 0.15) is 38.3 Å². The van der Waals surface area contributed by atoms with Crippen molar-refractivity contribution in [2.75, 3.05) is 20.1 Å². The van der Waals surface area contributed by atoms with Crippen LogP contribution in [0.25, 0.3) is 0 Å². The van der Waals surface area contributed by atoms with Crippen molar-refractivity contribution in [3.8, 4) is 0 Å². The molecule has 0 aliphatic rings. The third-order valence-electron chi connectivity index (χ3n) is 3.42. The standard InChI is InChI=1S/C16H28N4O/c1-4-5-11-18-16(17-3)19-12-6-7-13-20-14(2)9-8-10-15(20)21/h8-10H,4-7,11-13H2,1-3H3,(H2,17,18,19). The summed E-state index contributed by atoms with van der Waals surface area (Å²) in [5, 5.41) is 6.58. The second-order valence-corrected chi connectivity index (χ2v) is 5.14. The molecule has 1 aromatic heterocycles. The maximum Gasteiger partial charge on any atom is 0.250 e. The van der Waals surface area contributed by atoms with Gasteiger partial charge in [-0.2, -0.15) is 0 Å². The molecule has 5 nitrogen and oxygen atoms in total. The summed E-state index contributed by atoms with van der Waals surface area (Å²) in [6, 6.07) is 5.39. The van der Waals surface area contributed by atoms with E-state index in [1.165, 1.54) is 6.42 Å². The van der Waals surface area contributed by atoms with E-state index >= 15 is 0 Å². The fourth-order valence-electron chi connectivity index (χ4n) is 2.12. The highest BCUT2D eigenvalue weighted by molar-refractivity contribution is 5.79. The molecule has 0 unspecified atom stereocenters. The Balaban J connectivity index is 2.23. The largest absolute Gasteiger partial charge is 0.356 e. The van der Waals surface area contributed by atoms with Crippen molar-refractivity contribution in [3.05, 3.63) is 34.2 Å². The Bertz CT molecular complexity index is 493. The van der Waals surface area contributed by atoms with E-state index in [1.54, 1.807) is 13.1 Å². The molecular formula is C16H28N4O. The first-order valence-electron chi connectivity index (χ1n) is 7.80. The molecule has 0 amide bonds. The summed E-state index contributed by atoms with van der Waals surface area (Å²) >= 11 is 0. The highest BCUT2D eigenvalue weighted by atomic mass is 16.1. The number of aromatic nitrogens is 1. The van der Waals surface area contributed by atoms with Gasteiger partial charge in [0.15, 0.2) is 5.96 Å². The average Bonchev–Trinajstić information content (AvgIpc) is 2.47. The van der Waals surface area contributed by atoms with Gasteiger partial charge < -0.3 is 15.2 Å². The predicted molar refractivity (Wildman–Crippen MR) is 88.9 cm³/mol. The SMILES string of the molecule is CCCCNC(=NC)NCCCCn1c(C)cccc1=O. The van der Waals surface area contributed by atoms with E-state index in [0.717, 1.165) is 50.6 Å². The predicted octanol–water partition coefficient (Wildman–Crippen LogP) is 1.90. The summed E-state index contributed by atoms with van der Waals surface area (Å²) in [4.78, 5) is 15.9. The van der Waals surface area contributed by atoms with Gasteiger partial charge in [-0.1, -0.05) is 19.4 Å². The Morgan fingerprint density at radius 1 is 1.19 bits per heavy atom. The molecule has 0 bridgehead atoms. The minimum absolute atomic E-state index is 0.0833. The number of nitrogens with one attached hydrogen (secondary N) is 2. The number of pyridine rings is 1. The highest BCUT2D eigenvalue weighted by Crippen LogP contribution is 1.97. The van der Waals surface area contributed by atoms with Crippen LogP contribution < -0.4 is 16.2 Å². The van der Waals surface area contributed by atoms with Gasteiger partial charge in [-0.15, -0.1) is 0 Å². The molecule has 0 aliphatic heterocycles. The van der Waals surface area contributed by atoms with Gasteiger partial charge in [-0.3, -0.25) is 9.79 Å². The Hall–Kier alpha value is -1.78. The monoisotopic (exact) mass is 292 g/mol. The first-order chi connectivity index (χ1) is 10.2. The molecule has 21 heavy (non-hydrogen) atoms. The third-order valence-corrected chi connectivity index (χ3v) is 3.42. The van der Waals surface area contributed by atoms with Gasteiger partial charge in [-0.05, 0) is 32.3 Å². The topological polar surface area (TPSA) is 58.4 Å². The van der Waals surface area contributed by atoms with E-state index in [9.17, 15) is 4.79 Å². The van der Waals surface area contributed by atoms with E-state index < -0.39 is 0 Å². The molecule has 0 radical (unpaired) electrons. The zero-order valence-corrected chi connectivity index (χ0v) is 13.5. The zero-order valence-electron chi connectivity index (χ0n) is 13.5. The van der Waals surface area contributed by atoms with Gasteiger partial charge in [-0.25, -0.2) is 0 Å². The van der Waals surface area contributed by atoms with Crippen molar-refractivity contribution in [3.63, 3.8) is 0 Å². The van der Waals surface area contributed by atoms with Crippen LogP contribution in [-0.2, 0) is 6.54 Å². The first kappa shape index (κ1) is 17.3. The Morgan fingerprint density at radius 2 is 1.90 bits per heavy atom. The molecule has 1 heterocycles. The number of nitrogens with zero attached hydrogens (tertiary/aromatic N) is 2. The first-order valence-corrected chi connectivity index (χ1v) is 7.80. The quantitative estimate of drug-likeness (QED) is 0.437. The fourth-order valence-corrected chi connectivity index (χ4v) is 2.12. The lowest BCUT2D eigenvalue weighted by molar-refractivity contribution is 0.574. The minimum atomic E-state index is 0.0833. The lowest BCUT2D eigenvalue weighted by Gasteiger charge is -2.12. The van der Waals surface area contributed by atoms with E-state index in [-0.39, 0.29) is 5.56 Å². The Labute approximate surface area is 127 Å². The fraction of sp³-hybridized carbons (Fsp3) is 0.625. The molecule has 1 aromatic rings. The third kappa shape index (κ3) is 6.47. The van der Waals surface area contributed by atoms with Crippen LogP contribution in [0.4, 0.5) is 0 Å². The van der Waals surface area contributed by atoms with Crippen molar-refractivity contribution in [2.24, 2.45) is 4.99 Å². The van der Waals surface area contributed by atoms with Crippen LogP contribution >= 0.6 is 0 Å². The van der Waals surface area contributed by atoms with Crippen molar-refractivity contribution in [1.82, 2.24) is 15.2 Å². The normalized spacial score (nSPS) is 11.5. The smallest absolute Gasteiger partial charge is 0.250 e. The van der Waals surface area contributed by atoms with E-state index in [1.807, 2.05) is 23.6 Å². The molecule has 0 saturated carbocycles. The molecular weight excluding hydrogens is 264 g/mol. The van der Waals surface area contributed by atoms with Gasteiger partial charge in [0.05, 0.1) is 0 Å². The van der Waals surface area contributed by atoms with Crippen molar-refractivity contribution in [2.45, 2.75) is 46.1 Å². The second-order valence-electron chi connectivity index (χ2n) is 5.14. The summed E-state index contributed by atoms with van der Waals surface area (Å²) in [7, 11) is 1.79.